The number of hydrazone groups is 1. The highest BCUT2D eigenvalue weighted by Crippen LogP contribution is 2.22. The molecule has 92 valence electrons. The molecular formula is C15H22N2. The van der Waals surface area contributed by atoms with Crippen molar-refractivity contribution in [3.8, 4) is 0 Å². The first-order valence-electron chi connectivity index (χ1n) is 6.56. The number of rotatable bonds is 2. The van der Waals surface area contributed by atoms with Crippen LogP contribution in [0, 0.1) is 6.92 Å². The van der Waals surface area contributed by atoms with Crippen LogP contribution in [0.2, 0.25) is 0 Å². The Bertz CT molecular complexity index is 370. The van der Waals surface area contributed by atoms with Gasteiger partial charge in [-0.25, -0.2) is 0 Å². The summed E-state index contributed by atoms with van der Waals surface area (Å²) < 4.78 is 0. The number of hydrogen-bond acceptors (Lipinski definition) is 2. The molecule has 0 aromatic heterocycles. The zero-order valence-electron chi connectivity index (χ0n) is 11.1. The van der Waals surface area contributed by atoms with E-state index in [9.17, 15) is 0 Å². The molecule has 1 aliphatic heterocycles. The molecule has 1 aromatic rings. The van der Waals surface area contributed by atoms with Crippen molar-refractivity contribution < 1.29 is 0 Å². The van der Waals surface area contributed by atoms with Crippen LogP contribution in [0.15, 0.2) is 29.4 Å². The van der Waals surface area contributed by atoms with E-state index >= 15 is 0 Å². The Balaban J connectivity index is 2.06. The lowest BCUT2D eigenvalue weighted by atomic mass is 10.00. The molecule has 0 amide bonds. The van der Waals surface area contributed by atoms with E-state index in [2.05, 4.69) is 55.1 Å². The summed E-state index contributed by atoms with van der Waals surface area (Å²) in [6.07, 6.45) is 5.84. The molecular weight excluding hydrogens is 208 g/mol. The summed E-state index contributed by atoms with van der Waals surface area (Å²) in [5.41, 5.74) is 2.47. The van der Waals surface area contributed by atoms with Crippen molar-refractivity contribution in [1.29, 1.82) is 0 Å². The van der Waals surface area contributed by atoms with Gasteiger partial charge >= 0.3 is 0 Å². The fourth-order valence-corrected chi connectivity index (χ4v) is 2.42. The lowest BCUT2D eigenvalue weighted by molar-refractivity contribution is 0.109. The van der Waals surface area contributed by atoms with Gasteiger partial charge in [0.15, 0.2) is 0 Å². The standard InChI is InChI=1S/C15H22N2/c1-12-7-9-15(10-8-12)11-16-17-13(2)5-4-6-14(17)3/h7-11,13-14H,4-6H2,1-3H3/b16-11-/t13-,14-/m0/s1. The highest BCUT2D eigenvalue weighted by Gasteiger charge is 2.22. The Morgan fingerprint density at radius 3 is 2.29 bits per heavy atom. The van der Waals surface area contributed by atoms with Crippen molar-refractivity contribution in [2.45, 2.75) is 52.1 Å². The third kappa shape index (κ3) is 3.09. The minimum absolute atomic E-state index is 0.570. The summed E-state index contributed by atoms with van der Waals surface area (Å²) in [5.74, 6) is 0. The first-order chi connectivity index (χ1) is 8.16. The zero-order chi connectivity index (χ0) is 12.3. The van der Waals surface area contributed by atoms with Gasteiger partial charge in [-0.1, -0.05) is 29.8 Å². The molecule has 2 nitrogen and oxygen atoms in total. The van der Waals surface area contributed by atoms with E-state index in [1.54, 1.807) is 0 Å². The largest absolute Gasteiger partial charge is 0.292 e. The molecule has 1 fully saturated rings. The van der Waals surface area contributed by atoms with Crippen LogP contribution >= 0.6 is 0 Å². The molecule has 0 bridgehead atoms. The quantitative estimate of drug-likeness (QED) is 0.709. The molecule has 0 radical (unpaired) electrons. The summed E-state index contributed by atoms with van der Waals surface area (Å²) in [5, 5.41) is 6.91. The highest BCUT2D eigenvalue weighted by atomic mass is 15.5. The summed E-state index contributed by atoms with van der Waals surface area (Å²) in [7, 11) is 0. The van der Waals surface area contributed by atoms with Crippen LogP contribution in [0.3, 0.4) is 0 Å². The van der Waals surface area contributed by atoms with E-state index in [1.807, 2.05) is 6.21 Å². The van der Waals surface area contributed by atoms with Crippen molar-refractivity contribution in [3.05, 3.63) is 35.4 Å². The first kappa shape index (κ1) is 12.2. The molecule has 2 rings (SSSR count). The van der Waals surface area contributed by atoms with Crippen LogP contribution in [0.5, 0.6) is 0 Å². The highest BCUT2D eigenvalue weighted by molar-refractivity contribution is 5.79. The molecule has 1 aromatic carbocycles. The third-order valence-electron chi connectivity index (χ3n) is 3.56. The maximum atomic E-state index is 4.65. The molecule has 17 heavy (non-hydrogen) atoms. The number of piperidine rings is 1. The predicted octanol–water partition coefficient (Wildman–Crippen LogP) is 3.59. The normalized spacial score (nSPS) is 25.5. The van der Waals surface area contributed by atoms with Crippen molar-refractivity contribution in [2.75, 3.05) is 0 Å². The summed E-state index contributed by atoms with van der Waals surface area (Å²) in [4.78, 5) is 0. The van der Waals surface area contributed by atoms with E-state index in [0.29, 0.717) is 12.1 Å². The van der Waals surface area contributed by atoms with Gasteiger partial charge in [0.05, 0.1) is 6.21 Å². The Hall–Kier alpha value is -1.31. The molecule has 0 spiro atoms. The molecule has 1 heterocycles. The van der Waals surface area contributed by atoms with E-state index in [4.69, 9.17) is 0 Å². The number of nitrogens with zero attached hydrogens (tertiary/aromatic N) is 2. The minimum atomic E-state index is 0.570. The smallest absolute Gasteiger partial charge is 0.0543 e. The second kappa shape index (κ2) is 5.35. The molecule has 1 saturated heterocycles. The lowest BCUT2D eigenvalue weighted by Gasteiger charge is -2.36. The Morgan fingerprint density at radius 1 is 1.12 bits per heavy atom. The number of benzene rings is 1. The average Bonchev–Trinajstić information content (AvgIpc) is 2.31. The van der Waals surface area contributed by atoms with Crippen LogP contribution in [0.1, 0.15) is 44.2 Å². The van der Waals surface area contributed by atoms with Crippen LogP contribution in [-0.4, -0.2) is 23.3 Å². The van der Waals surface area contributed by atoms with Crippen molar-refractivity contribution in [2.24, 2.45) is 5.10 Å². The van der Waals surface area contributed by atoms with Crippen LogP contribution in [0.25, 0.3) is 0 Å². The summed E-state index contributed by atoms with van der Waals surface area (Å²) in [6, 6.07) is 9.64. The molecule has 0 saturated carbocycles. The SMILES string of the molecule is Cc1ccc(/C=N\N2[C@@H](C)CCC[C@@H]2C)cc1. The summed E-state index contributed by atoms with van der Waals surface area (Å²) >= 11 is 0. The van der Waals surface area contributed by atoms with Gasteiger partial charge in [-0.15, -0.1) is 0 Å². The second-order valence-electron chi connectivity index (χ2n) is 5.16. The van der Waals surface area contributed by atoms with Gasteiger partial charge in [-0.2, -0.15) is 5.10 Å². The van der Waals surface area contributed by atoms with E-state index in [0.717, 1.165) is 0 Å². The average molecular weight is 230 g/mol. The van der Waals surface area contributed by atoms with E-state index in [-0.39, 0.29) is 0 Å². The molecule has 0 unspecified atom stereocenters. The fraction of sp³-hybridized carbons (Fsp3) is 0.533. The fourth-order valence-electron chi connectivity index (χ4n) is 2.42. The maximum absolute atomic E-state index is 4.65. The predicted molar refractivity (Wildman–Crippen MR) is 73.4 cm³/mol. The van der Waals surface area contributed by atoms with Gasteiger partial charge in [-0.05, 0) is 45.6 Å². The first-order valence-corrected chi connectivity index (χ1v) is 6.56. The van der Waals surface area contributed by atoms with Gasteiger partial charge in [0, 0.05) is 12.1 Å². The second-order valence-corrected chi connectivity index (χ2v) is 5.16. The van der Waals surface area contributed by atoms with Gasteiger partial charge in [0.25, 0.3) is 0 Å². The monoisotopic (exact) mass is 230 g/mol. The molecule has 0 N–H and O–H groups in total. The topological polar surface area (TPSA) is 15.6 Å². The molecule has 0 aliphatic carbocycles. The van der Waals surface area contributed by atoms with Crippen molar-refractivity contribution in [1.82, 2.24) is 5.01 Å². The zero-order valence-corrected chi connectivity index (χ0v) is 11.1. The van der Waals surface area contributed by atoms with E-state index < -0.39 is 0 Å². The third-order valence-corrected chi connectivity index (χ3v) is 3.56. The summed E-state index contributed by atoms with van der Waals surface area (Å²) in [6.45, 7) is 6.64. The van der Waals surface area contributed by atoms with Crippen LogP contribution < -0.4 is 0 Å². The lowest BCUT2D eigenvalue weighted by Crippen LogP contribution is -2.39. The molecule has 2 heteroatoms. The van der Waals surface area contributed by atoms with Gasteiger partial charge < -0.3 is 0 Å². The van der Waals surface area contributed by atoms with Crippen LogP contribution in [-0.2, 0) is 0 Å². The van der Waals surface area contributed by atoms with Crippen molar-refractivity contribution >= 4 is 6.21 Å². The van der Waals surface area contributed by atoms with Gasteiger partial charge in [0.2, 0.25) is 0 Å². The Kier molecular flexibility index (Phi) is 3.82. The number of aryl methyl sites for hydroxylation is 1. The Labute approximate surface area is 104 Å². The minimum Gasteiger partial charge on any atom is -0.292 e. The Morgan fingerprint density at radius 2 is 1.71 bits per heavy atom. The van der Waals surface area contributed by atoms with Gasteiger partial charge in [0.1, 0.15) is 0 Å². The maximum Gasteiger partial charge on any atom is 0.0543 e. The van der Waals surface area contributed by atoms with Gasteiger partial charge in [-0.3, -0.25) is 5.01 Å². The van der Waals surface area contributed by atoms with Crippen LogP contribution in [0.4, 0.5) is 0 Å². The van der Waals surface area contributed by atoms with Crippen molar-refractivity contribution in [3.63, 3.8) is 0 Å². The number of hydrogen-bond donors (Lipinski definition) is 0. The molecule has 2 atom stereocenters. The molecule has 1 aliphatic rings. The van der Waals surface area contributed by atoms with E-state index in [1.165, 1.54) is 30.4 Å².